The summed E-state index contributed by atoms with van der Waals surface area (Å²) >= 11 is 6.04. The largest absolute Gasteiger partial charge is 0.377 e. The Balaban J connectivity index is 1.99. The number of rotatable bonds is 5. The molecule has 0 fully saturated rings. The normalized spacial score (nSPS) is 11.1. The average molecular weight is 305 g/mol. The van der Waals surface area contributed by atoms with Crippen LogP contribution in [-0.4, -0.2) is 23.1 Å². The van der Waals surface area contributed by atoms with Crippen LogP contribution in [-0.2, 0) is 17.9 Å². The minimum atomic E-state index is 0.380. The minimum Gasteiger partial charge on any atom is -0.377 e. The minimum absolute atomic E-state index is 0.380. The molecule has 3 rings (SSSR count). The number of halogens is 1. The van der Waals surface area contributed by atoms with Gasteiger partial charge in [0.25, 0.3) is 0 Å². The standard InChI is InChI=1S/C15H13ClN2O3/c1-20-9-13-5-12(17-21-13)7-18-6-10(8-19)14-3-2-11(16)4-15(14)18/h2-6,8H,7,9H2,1H3. The van der Waals surface area contributed by atoms with Crippen LogP contribution in [0.15, 0.2) is 35.0 Å². The van der Waals surface area contributed by atoms with Gasteiger partial charge in [0.05, 0.1) is 12.1 Å². The molecule has 0 saturated heterocycles. The summed E-state index contributed by atoms with van der Waals surface area (Å²) in [5, 5.41) is 5.49. The Kier molecular flexibility index (Phi) is 3.77. The lowest BCUT2D eigenvalue weighted by atomic mass is 10.2. The summed E-state index contributed by atoms with van der Waals surface area (Å²) in [5.74, 6) is 0.664. The van der Waals surface area contributed by atoms with Crippen molar-refractivity contribution >= 4 is 28.8 Å². The number of carbonyl (C=O) groups is 1. The highest BCUT2D eigenvalue weighted by atomic mass is 35.5. The molecular weight excluding hydrogens is 292 g/mol. The van der Waals surface area contributed by atoms with Gasteiger partial charge in [-0.05, 0) is 12.1 Å². The molecule has 0 N–H and O–H groups in total. The fourth-order valence-corrected chi connectivity index (χ4v) is 2.50. The van der Waals surface area contributed by atoms with Gasteiger partial charge in [0.2, 0.25) is 0 Å². The van der Waals surface area contributed by atoms with Crippen molar-refractivity contribution in [2.45, 2.75) is 13.2 Å². The van der Waals surface area contributed by atoms with Gasteiger partial charge in [-0.1, -0.05) is 22.8 Å². The lowest BCUT2D eigenvalue weighted by Gasteiger charge is -2.02. The molecule has 2 heterocycles. The van der Waals surface area contributed by atoms with Crippen molar-refractivity contribution in [2.24, 2.45) is 0 Å². The predicted molar refractivity (Wildman–Crippen MR) is 78.7 cm³/mol. The van der Waals surface area contributed by atoms with Gasteiger partial charge in [-0.3, -0.25) is 4.79 Å². The second kappa shape index (κ2) is 5.71. The third-order valence-electron chi connectivity index (χ3n) is 3.23. The maximum atomic E-state index is 11.2. The van der Waals surface area contributed by atoms with E-state index in [1.807, 2.05) is 22.8 Å². The van der Waals surface area contributed by atoms with Crippen LogP contribution < -0.4 is 0 Å². The predicted octanol–water partition coefficient (Wildman–Crippen LogP) is 3.29. The highest BCUT2D eigenvalue weighted by Gasteiger charge is 2.11. The number of aromatic nitrogens is 2. The first kappa shape index (κ1) is 13.9. The monoisotopic (exact) mass is 304 g/mol. The van der Waals surface area contributed by atoms with Gasteiger partial charge in [-0.15, -0.1) is 0 Å². The first-order chi connectivity index (χ1) is 10.2. The summed E-state index contributed by atoms with van der Waals surface area (Å²) in [7, 11) is 1.60. The fraction of sp³-hybridized carbons (Fsp3) is 0.200. The Bertz CT molecular complexity index is 791. The Morgan fingerprint density at radius 1 is 1.43 bits per heavy atom. The van der Waals surface area contributed by atoms with E-state index in [4.69, 9.17) is 20.9 Å². The Hall–Kier alpha value is -2.11. The van der Waals surface area contributed by atoms with Gasteiger partial charge in [0.15, 0.2) is 12.0 Å². The molecule has 5 nitrogen and oxygen atoms in total. The zero-order valence-corrected chi connectivity index (χ0v) is 12.1. The molecule has 0 unspecified atom stereocenters. The van der Waals surface area contributed by atoms with Crippen molar-refractivity contribution in [3.63, 3.8) is 0 Å². The van der Waals surface area contributed by atoms with Crippen LogP contribution in [0.25, 0.3) is 10.9 Å². The highest BCUT2D eigenvalue weighted by molar-refractivity contribution is 6.31. The molecule has 0 aliphatic carbocycles. The molecule has 3 aromatic rings. The third-order valence-corrected chi connectivity index (χ3v) is 3.46. The lowest BCUT2D eigenvalue weighted by Crippen LogP contribution is -1.98. The van der Waals surface area contributed by atoms with Gasteiger partial charge >= 0.3 is 0 Å². The van der Waals surface area contributed by atoms with E-state index in [-0.39, 0.29) is 0 Å². The van der Waals surface area contributed by atoms with E-state index in [1.54, 1.807) is 19.4 Å². The van der Waals surface area contributed by atoms with E-state index in [1.165, 1.54) is 0 Å². The van der Waals surface area contributed by atoms with Crippen LogP contribution in [0.3, 0.4) is 0 Å². The molecule has 0 aliphatic rings. The summed E-state index contributed by atoms with van der Waals surface area (Å²) in [4.78, 5) is 11.2. The number of aldehydes is 1. The third kappa shape index (κ3) is 2.70. The van der Waals surface area contributed by atoms with Crippen molar-refractivity contribution < 1.29 is 14.1 Å². The average Bonchev–Trinajstić information content (AvgIpc) is 3.05. The van der Waals surface area contributed by atoms with E-state index in [0.717, 1.165) is 22.9 Å². The first-order valence-corrected chi connectivity index (χ1v) is 6.76. The topological polar surface area (TPSA) is 57.3 Å². The maximum Gasteiger partial charge on any atom is 0.162 e. The number of benzene rings is 1. The van der Waals surface area contributed by atoms with E-state index >= 15 is 0 Å². The molecule has 108 valence electrons. The van der Waals surface area contributed by atoms with E-state index in [0.29, 0.717) is 29.5 Å². The number of nitrogens with zero attached hydrogens (tertiary/aromatic N) is 2. The van der Waals surface area contributed by atoms with Gasteiger partial charge in [-0.2, -0.15) is 0 Å². The molecule has 21 heavy (non-hydrogen) atoms. The van der Waals surface area contributed by atoms with Crippen LogP contribution in [0.2, 0.25) is 5.02 Å². The Morgan fingerprint density at radius 3 is 3.05 bits per heavy atom. The summed E-state index contributed by atoms with van der Waals surface area (Å²) in [6.07, 6.45) is 2.63. The zero-order chi connectivity index (χ0) is 14.8. The van der Waals surface area contributed by atoms with Gasteiger partial charge < -0.3 is 13.8 Å². The maximum absolute atomic E-state index is 11.2. The Morgan fingerprint density at radius 2 is 2.29 bits per heavy atom. The van der Waals surface area contributed by atoms with Gasteiger partial charge in [0, 0.05) is 35.3 Å². The second-order valence-electron chi connectivity index (χ2n) is 4.71. The lowest BCUT2D eigenvalue weighted by molar-refractivity contribution is 0.112. The summed E-state index contributed by atoms with van der Waals surface area (Å²) in [5.41, 5.74) is 2.28. The Labute approximate surface area is 126 Å². The second-order valence-corrected chi connectivity index (χ2v) is 5.15. The van der Waals surface area contributed by atoms with Gasteiger partial charge in [-0.25, -0.2) is 0 Å². The number of fused-ring (bicyclic) bond motifs is 1. The molecule has 6 heteroatoms. The van der Waals surface area contributed by atoms with Crippen molar-refractivity contribution in [1.82, 2.24) is 9.72 Å². The molecule has 0 bridgehead atoms. The fourth-order valence-electron chi connectivity index (χ4n) is 2.33. The zero-order valence-electron chi connectivity index (χ0n) is 11.4. The molecule has 1 aromatic carbocycles. The van der Waals surface area contributed by atoms with Crippen LogP contribution in [0.5, 0.6) is 0 Å². The summed E-state index contributed by atoms with van der Waals surface area (Å²) < 4.78 is 12.1. The SMILES string of the molecule is COCc1cc(Cn2cc(C=O)c3ccc(Cl)cc32)no1. The molecule has 2 aromatic heterocycles. The van der Waals surface area contributed by atoms with Crippen molar-refractivity contribution in [2.75, 3.05) is 7.11 Å². The molecule has 0 aliphatic heterocycles. The van der Waals surface area contributed by atoms with Crippen LogP contribution in [0, 0.1) is 0 Å². The summed E-state index contributed by atoms with van der Waals surface area (Å²) in [6, 6.07) is 7.28. The molecule has 0 atom stereocenters. The van der Waals surface area contributed by atoms with Crippen LogP contribution in [0.1, 0.15) is 21.8 Å². The number of hydrogen-bond donors (Lipinski definition) is 0. The van der Waals surface area contributed by atoms with E-state index < -0.39 is 0 Å². The molecule has 0 amide bonds. The van der Waals surface area contributed by atoms with Gasteiger partial charge in [0.1, 0.15) is 12.3 Å². The quantitative estimate of drug-likeness (QED) is 0.679. The van der Waals surface area contributed by atoms with Crippen molar-refractivity contribution in [3.8, 4) is 0 Å². The highest BCUT2D eigenvalue weighted by Crippen LogP contribution is 2.24. The number of methoxy groups -OCH3 is 1. The first-order valence-electron chi connectivity index (χ1n) is 6.38. The van der Waals surface area contributed by atoms with Crippen molar-refractivity contribution in [1.29, 1.82) is 0 Å². The van der Waals surface area contributed by atoms with Crippen molar-refractivity contribution in [3.05, 3.63) is 52.5 Å². The molecule has 0 spiro atoms. The molecule has 0 radical (unpaired) electrons. The van der Waals surface area contributed by atoms with E-state index in [9.17, 15) is 4.79 Å². The molecular formula is C15H13ClN2O3. The molecule has 0 saturated carbocycles. The smallest absolute Gasteiger partial charge is 0.162 e. The number of hydrogen-bond acceptors (Lipinski definition) is 4. The summed E-state index contributed by atoms with van der Waals surface area (Å²) in [6.45, 7) is 0.878. The van der Waals surface area contributed by atoms with E-state index in [2.05, 4.69) is 5.16 Å². The van der Waals surface area contributed by atoms with Crippen LogP contribution in [0.4, 0.5) is 0 Å². The van der Waals surface area contributed by atoms with Crippen LogP contribution >= 0.6 is 11.6 Å². The number of carbonyl (C=O) groups excluding carboxylic acids is 1. The number of ether oxygens (including phenoxy) is 1.